The van der Waals surface area contributed by atoms with E-state index in [2.05, 4.69) is 27.5 Å². The maximum Gasteiger partial charge on any atom is 0.224 e. The molecule has 0 atom stereocenters. The summed E-state index contributed by atoms with van der Waals surface area (Å²) in [6.45, 7) is 2.92. The Bertz CT molecular complexity index is 560. The number of rotatable bonds is 5. The van der Waals surface area contributed by atoms with Crippen molar-refractivity contribution in [2.24, 2.45) is 0 Å². The first-order valence-electron chi connectivity index (χ1n) is 5.98. The Morgan fingerprint density at radius 3 is 2.79 bits per heavy atom. The molecule has 1 aromatic carbocycles. The Morgan fingerprint density at radius 1 is 1.21 bits per heavy atom. The molecule has 0 saturated carbocycles. The van der Waals surface area contributed by atoms with Crippen LogP contribution in [0.1, 0.15) is 13.3 Å². The second kappa shape index (κ2) is 6.59. The first-order valence-corrected chi connectivity index (χ1v) is 6.73. The predicted molar refractivity (Wildman–Crippen MR) is 80.6 cm³/mol. The molecule has 4 nitrogen and oxygen atoms in total. The Balaban J connectivity index is 2.14. The summed E-state index contributed by atoms with van der Waals surface area (Å²) in [4.78, 5) is 8.48. The van der Waals surface area contributed by atoms with Gasteiger partial charge in [0, 0.05) is 17.8 Å². The molecule has 0 aliphatic carbocycles. The van der Waals surface area contributed by atoms with E-state index < -0.39 is 0 Å². The molecule has 19 heavy (non-hydrogen) atoms. The second-order valence-corrected chi connectivity index (χ2v) is 4.79. The summed E-state index contributed by atoms with van der Waals surface area (Å²) in [6, 6.07) is 7.05. The van der Waals surface area contributed by atoms with E-state index >= 15 is 0 Å². The zero-order valence-corrected chi connectivity index (χ0v) is 12.0. The van der Waals surface area contributed by atoms with Gasteiger partial charge in [-0.1, -0.05) is 30.1 Å². The third-order valence-electron chi connectivity index (χ3n) is 2.38. The van der Waals surface area contributed by atoms with Gasteiger partial charge in [-0.25, -0.2) is 4.98 Å². The minimum atomic E-state index is 0.550. The molecule has 1 aromatic heterocycles. The smallest absolute Gasteiger partial charge is 0.224 e. The van der Waals surface area contributed by atoms with Crippen LogP contribution in [0.2, 0.25) is 10.0 Å². The molecule has 0 fully saturated rings. The number of anilines is 3. The van der Waals surface area contributed by atoms with Gasteiger partial charge in [-0.05, 0) is 30.7 Å². The predicted octanol–water partition coefficient (Wildman–Crippen LogP) is 4.35. The lowest BCUT2D eigenvalue weighted by Crippen LogP contribution is -2.05. The van der Waals surface area contributed by atoms with Gasteiger partial charge >= 0.3 is 0 Å². The molecule has 1 heterocycles. The summed E-state index contributed by atoms with van der Waals surface area (Å²) in [6.07, 6.45) is 2.71. The van der Waals surface area contributed by atoms with Gasteiger partial charge in [-0.15, -0.1) is 0 Å². The molecule has 2 aromatic rings. The molecule has 0 amide bonds. The molecule has 6 heteroatoms. The Kier molecular flexibility index (Phi) is 4.82. The van der Waals surface area contributed by atoms with Crippen molar-refractivity contribution in [2.45, 2.75) is 13.3 Å². The van der Waals surface area contributed by atoms with Gasteiger partial charge in [0.15, 0.2) is 0 Å². The number of benzene rings is 1. The fourth-order valence-corrected chi connectivity index (χ4v) is 1.93. The summed E-state index contributed by atoms with van der Waals surface area (Å²) < 4.78 is 0. The van der Waals surface area contributed by atoms with E-state index in [1.165, 1.54) is 0 Å². The van der Waals surface area contributed by atoms with Crippen LogP contribution in [-0.4, -0.2) is 16.5 Å². The summed E-state index contributed by atoms with van der Waals surface area (Å²) >= 11 is 12.0. The van der Waals surface area contributed by atoms with Crippen LogP contribution >= 0.6 is 23.2 Å². The number of hydrogen-bond acceptors (Lipinski definition) is 4. The van der Waals surface area contributed by atoms with Crippen molar-refractivity contribution in [2.75, 3.05) is 17.2 Å². The first-order chi connectivity index (χ1) is 9.19. The lowest BCUT2D eigenvalue weighted by atomic mass is 10.3. The molecular formula is C13H14Cl2N4. The van der Waals surface area contributed by atoms with Crippen LogP contribution in [0, 0.1) is 0 Å². The zero-order valence-electron chi connectivity index (χ0n) is 10.5. The topological polar surface area (TPSA) is 49.8 Å². The highest BCUT2D eigenvalue weighted by molar-refractivity contribution is 6.36. The lowest BCUT2D eigenvalue weighted by molar-refractivity contribution is 0.953. The minimum absolute atomic E-state index is 0.550. The normalized spacial score (nSPS) is 10.3. The van der Waals surface area contributed by atoms with Gasteiger partial charge in [-0.2, -0.15) is 4.98 Å². The van der Waals surface area contributed by atoms with E-state index in [-0.39, 0.29) is 0 Å². The standard InChI is InChI=1S/C13H14Cl2N4/c1-2-6-16-13-17-7-5-12(19-13)18-11-4-3-9(14)8-10(11)15/h3-5,7-8H,2,6H2,1H3,(H2,16,17,18,19). The summed E-state index contributed by atoms with van der Waals surface area (Å²) in [5.41, 5.74) is 0.756. The zero-order chi connectivity index (χ0) is 13.7. The number of nitrogens with one attached hydrogen (secondary N) is 2. The highest BCUT2D eigenvalue weighted by Crippen LogP contribution is 2.27. The molecule has 0 bridgehead atoms. The van der Waals surface area contributed by atoms with Gasteiger partial charge in [0.25, 0.3) is 0 Å². The lowest BCUT2D eigenvalue weighted by Gasteiger charge is -2.09. The number of aromatic nitrogens is 2. The van der Waals surface area contributed by atoms with E-state index in [1.807, 2.05) is 6.07 Å². The summed E-state index contributed by atoms with van der Waals surface area (Å²) in [5.74, 6) is 1.27. The van der Waals surface area contributed by atoms with Crippen molar-refractivity contribution < 1.29 is 0 Å². The third-order valence-corrected chi connectivity index (χ3v) is 2.93. The maximum absolute atomic E-state index is 6.10. The highest BCUT2D eigenvalue weighted by atomic mass is 35.5. The summed E-state index contributed by atoms with van der Waals surface area (Å²) in [5, 5.41) is 7.41. The fraction of sp³-hybridized carbons (Fsp3) is 0.231. The van der Waals surface area contributed by atoms with Gasteiger partial charge in [0.1, 0.15) is 5.82 Å². The Morgan fingerprint density at radius 2 is 2.05 bits per heavy atom. The van der Waals surface area contributed by atoms with Crippen LogP contribution in [0.3, 0.4) is 0 Å². The molecule has 100 valence electrons. The minimum Gasteiger partial charge on any atom is -0.354 e. The number of halogens is 2. The molecule has 0 aliphatic rings. The largest absolute Gasteiger partial charge is 0.354 e. The SMILES string of the molecule is CCCNc1nccc(Nc2ccc(Cl)cc2Cl)n1. The molecule has 2 rings (SSSR count). The van der Waals surface area contributed by atoms with E-state index in [9.17, 15) is 0 Å². The van der Waals surface area contributed by atoms with Crippen molar-refractivity contribution in [1.29, 1.82) is 0 Å². The van der Waals surface area contributed by atoms with Crippen LogP contribution in [0.5, 0.6) is 0 Å². The highest BCUT2D eigenvalue weighted by Gasteiger charge is 2.03. The quantitative estimate of drug-likeness (QED) is 0.861. The van der Waals surface area contributed by atoms with Crippen molar-refractivity contribution >= 4 is 40.7 Å². The van der Waals surface area contributed by atoms with E-state index in [0.29, 0.717) is 21.8 Å². The third kappa shape index (κ3) is 3.98. The van der Waals surface area contributed by atoms with Gasteiger partial charge in [0.05, 0.1) is 10.7 Å². The maximum atomic E-state index is 6.10. The van der Waals surface area contributed by atoms with Gasteiger partial charge in [0.2, 0.25) is 5.95 Å². The number of nitrogens with zero attached hydrogens (tertiary/aromatic N) is 2. The average molecular weight is 297 g/mol. The molecule has 2 N–H and O–H groups in total. The molecular weight excluding hydrogens is 283 g/mol. The number of hydrogen-bond donors (Lipinski definition) is 2. The molecule has 0 radical (unpaired) electrons. The monoisotopic (exact) mass is 296 g/mol. The molecule has 0 unspecified atom stereocenters. The van der Waals surface area contributed by atoms with E-state index in [4.69, 9.17) is 23.2 Å². The second-order valence-electron chi connectivity index (χ2n) is 3.94. The van der Waals surface area contributed by atoms with Crippen LogP contribution < -0.4 is 10.6 Å². The van der Waals surface area contributed by atoms with E-state index in [0.717, 1.165) is 18.7 Å². The van der Waals surface area contributed by atoms with Gasteiger partial charge in [-0.3, -0.25) is 0 Å². The van der Waals surface area contributed by atoms with Gasteiger partial charge < -0.3 is 10.6 Å². The van der Waals surface area contributed by atoms with Crippen LogP contribution in [0.4, 0.5) is 17.5 Å². The van der Waals surface area contributed by atoms with Crippen molar-refractivity contribution in [3.8, 4) is 0 Å². The molecule has 0 aliphatic heterocycles. The summed E-state index contributed by atoms with van der Waals surface area (Å²) in [7, 11) is 0. The van der Waals surface area contributed by atoms with Crippen LogP contribution in [0.15, 0.2) is 30.5 Å². The van der Waals surface area contributed by atoms with Crippen molar-refractivity contribution in [1.82, 2.24) is 9.97 Å². The van der Waals surface area contributed by atoms with Crippen LogP contribution in [0.25, 0.3) is 0 Å². The molecule has 0 saturated heterocycles. The van der Waals surface area contributed by atoms with Crippen molar-refractivity contribution in [3.63, 3.8) is 0 Å². The van der Waals surface area contributed by atoms with E-state index in [1.54, 1.807) is 24.4 Å². The average Bonchev–Trinajstić information content (AvgIpc) is 2.40. The first kappa shape index (κ1) is 13.9. The molecule has 0 spiro atoms. The Labute approximate surface area is 122 Å². The fourth-order valence-electron chi connectivity index (χ4n) is 1.48. The van der Waals surface area contributed by atoms with Crippen LogP contribution in [-0.2, 0) is 0 Å². The van der Waals surface area contributed by atoms with Crippen molar-refractivity contribution in [3.05, 3.63) is 40.5 Å². The Hall–Kier alpha value is -1.52.